The number of amides is 2. The Balaban J connectivity index is 1.76. The molecule has 0 radical (unpaired) electrons. The Hall–Kier alpha value is -2.49. The Bertz CT molecular complexity index is 1530. The lowest BCUT2D eigenvalue weighted by molar-refractivity contribution is -0.140. The summed E-state index contributed by atoms with van der Waals surface area (Å²) in [5, 5.41) is 4.11. The zero-order valence-corrected chi connectivity index (χ0v) is 26.7. The van der Waals surface area contributed by atoms with Crippen molar-refractivity contribution in [1.82, 2.24) is 10.2 Å². The van der Waals surface area contributed by atoms with E-state index in [1.54, 1.807) is 18.2 Å². The van der Waals surface area contributed by atoms with Crippen LogP contribution in [0, 0.1) is 0 Å². The van der Waals surface area contributed by atoms with E-state index in [2.05, 4.69) is 5.32 Å². The van der Waals surface area contributed by atoms with Crippen molar-refractivity contribution in [2.45, 2.75) is 50.7 Å². The summed E-state index contributed by atoms with van der Waals surface area (Å²) in [6.07, 6.45) is 4.95. The molecule has 1 aliphatic carbocycles. The Morgan fingerprint density at radius 3 is 2.19 bits per heavy atom. The van der Waals surface area contributed by atoms with Crippen molar-refractivity contribution in [2.75, 3.05) is 17.1 Å². The van der Waals surface area contributed by atoms with Crippen LogP contribution in [-0.2, 0) is 32.6 Å². The number of sulfonamides is 1. The molecule has 1 atom stereocenters. The molecule has 42 heavy (non-hydrogen) atoms. The molecule has 0 saturated heterocycles. The maximum absolute atomic E-state index is 14.2. The predicted octanol–water partition coefficient (Wildman–Crippen LogP) is 6.77. The van der Waals surface area contributed by atoms with E-state index in [-0.39, 0.29) is 40.6 Å². The molecule has 1 aliphatic rings. The highest BCUT2D eigenvalue weighted by Gasteiger charge is 2.34. The molecule has 224 valence electrons. The first kappa shape index (κ1) is 32.4. The van der Waals surface area contributed by atoms with Crippen LogP contribution in [0.3, 0.4) is 0 Å². The molecule has 0 aromatic heterocycles. The van der Waals surface area contributed by atoms with Gasteiger partial charge in [-0.05, 0) is 54.3 Å². The number of anilines is 1. The molecule has 0 unspecified atom stereocenters. The van der Waals surface area contributed by atoms with Gasteiger partial charge in [-0.2, -0.15) is 0 Å². The number of carbonyl (C=O) groups excluding carboxylic acids is 2. The molecule has 1 saturated carbocycles. The van der Waals surface area contributed by atoms with E-state index < -0.39 is 28.5 Å². The van der Waals surface area contributed by atoms with E-state index in [0.29, 0.717) is 15.6 Å². The molecule has 3 aromatic rings. The number of rotatable bonds is 11. The van der Waals surface area contributed by atoms with E-state index in [9.17, 15) is 18.0 Å². The van der Waals surface area contributed by atoms with Crippen LogP contribution in [0.25, 0.3) is 0 Å². The summed E-state index contributed by atoms with van der Waals surface area (Å²) in [7, 11) is -3.99. The smallest absolute Gasteiger partial charge is 0.244 e. The van der Waals surface area contributed by atoms with E-state index in [1.165, 1.54) is 23.1 Å². The molecule has 4 rings (SSSR count). The minimum Gasteiger partial charge on any atom is -0.352 e. The fraction of sp³-hybridized carbons (Fsp3) is 0.333. The molecule has 2 amide bonds. The molecular formula is C30H31Cl4N3O4S. The van der Waals surface area contributed by atoms with E-state index in [1.807, 2.05) is 30.3 Å². The van der Waals surface area contributed by atoms with Gasteiger partial charge >= 0.3 is 0 Å². The highest BCUT2D eigenvalue weighted by molar-refractivity contribution is 7.92. The summed E-state index contributed by atoms with van der Waals surface area (Å²) < 4.78 is 26.8. The van der Waals surface area contributed by atoms with Gasteiger partial charge in [-0.1, -0.05) is 95.6 Å². The number of hydrogen-bond acceptors (Lipinski definition) is 4. The van der Waals surface area contributed by atoms with Crippen LogP contribution in [0.1, 0.15) is 36.8 Å². The number of nitrogens with zero attached hydrogens (tertiary/aromatic N) is 2. The van der Waals surface area contributed by atoms with Crippen LogP contribution in [0.5, 0.6) is 0 Å². The first-order valence-corrected chi connectivity index (χ1v) is 16.8. The molecule has 0 spiro atoms. The van der Waals surface area contributed by atoms with Gasteiger partial charge in [0.1, 0.15) is 12.6 Å². The fourth-order valence-corrected chi connectivity index (χ4v) is 6.64. The van der Waals surface area contributed by atoms with E-state index in [0.717, 1.165) is 41.8 Å². The Morgan fingerprint density at radius 2 is 1.55 bits per heavy atom. The lowest BCUT2D eigenvalue weighted by Gasteiger charge is -2.34. The quantitative estimate of drug-likeness (QED) is 0.244. The summed E-state index contributed by atoms with van der Waals surface area (Å²) in [6.45, 7) is -0.631. The van der Waals surface area contributed by atoms with Gasteiger partial charge in [0.25, 0.3) is 0 Å². The minimum absolute atomic E-state index is 0.00971. The van der Waals surface area contributed by atoms with Crippen molar-refractivity contribution >= 4 is 73.9 Å². The third-order valence-corrected chi connectivity index (χ3v) is 9.59. The average molecular weight is 671 g/mol. The monoisotopic (exact) mass is 669 g/mol. The van der Waals surface area contributed by atoms with Gasteiger partial charge in [0.2, 0.25) is 21.8 Å². The second kappa shape index (κ2) is 14.3. The van der Waals surface area contributed by atoms with Gasteiger partial charge in [0.15, 0.2) is 0 Å². The topological polar surface area (TPSA) is 86.8 Å². The van der Waals surface area contributed by atoms with Crippen molar-refractivity contribution in [3.05, 3.63) is 97.9 Å². The summed E-state index contributed by atoms with van der Waals surface area (Å²) in [6, 6.07) is 17.7. The normalized spacial score (nSPS) is 14.4. The molecule has 3 aromatic carbocycles. The third kappa shape index (κ3) is 8.54. The Labute approximate surface area is 266 Å². The number of nitrogens with one attached hydrogen (secondary N) is 1. The standard InChI is InChI=1S/C30H31Cl4N3O4S/c1-42(40,41)37(27-17-22(31)12-14-25(27)33)19-29(38)36(18-21-11-13-24(32)26(34)15-21)28(16-20-7-3-2-4-8-20)30(39)35-23-9-5-6-10-23/h2-4,7-8,11-15,17,23,28H,5-6,9-10,16,18-19H2,1H3,(H,35,39)/t28-/m1/s1. The molecule has 0 heterocycles. The van der Waals surface area contributed by atoms with Crippen LogP contribution >= 0.6 is 46.4 Å². The molecular weight excluding hydrogens is 640 g/mol. The van der Waals surface area contributed by atoms with Crippen molar-refractivity contribution < 1.29 is 18.0 Å². The first-order chi connectivity index (χ1) is 19.9. The van der Waals surface area contributed by atoms with E-state index in [4.69, 9.17) is 46.4 Å². The number of carbonyl (C=O) groups is 2. The lowest BCUT2D eigenvalue weighted by Crippen LogP contribution is -2.54. The second-order valence-corrected chi connectivity index (χ2v) is 13.9. The van der Waals surface area contributed by atoms with Crippen molar-refractivity contribution in [2.24, 2.45) is 0 Å². The molecule has 0 aliphatic heterocycles. The van der Waals surface area contributed by atoms with Gasteiger partial charge < -0.3 is 10.2 Å². The van der Waals surface area contributed by atoms with Crippen molar-refractivity contribution in [3.63, 3.8) is 0 Å². The molecule has 12 heteroatoms. The van der Waals surface area contributed by atoms with Gasteiger partial charge in [0, 0.05) is 24.0 Å². The fourth-order valence-electron chi connectivity index (χ4n) is 5.03. The molecule has 1 N–H and O–H groups in total. The second-order valence-electron chi connectivity index (χ2n) is 10.3. The average Bonchev–Trinajstić information content (AvgIpc) is 3.45. The van der Waals surface area contributed by atoms with Crippen LogP contribution in [0.4, 0.5) is 5.69 Å². The lowest BCUT2D eigenvalue weighted by atomic mass is 10.0. The SMILES string of the molecule is CS(=O)(=O)N(CC(=O)N(Cc1ccc(Cl)c(Cl)c1)[C@H](Cc1ccccc1)C(=O)NC1CCCC1)c1cc(Cl)ccc1Cl. The van der Waals surface area contributed by atoms with Crippen molar-refractivity contribution in [3.8, 4) is 0 Å². The van der Waals surface area contributed by atoms with Crippen molar-refractivity contribution in [1.29, 1.82) is 0 Å². The largest absolute Gasteiger partial charge is 0.352 e. The zero-order valence-electron chi connectivity index (χ0n) is 22.9. The van der Waals surface area contributed by atoms with Crippen LogP contribution in [-0.4, -0.2) is 50.0 Å². The van der Waals surface area contributed by atoms with E-state index >= 15 is 0 Å². The van der Waals surface area contributed by atoms with Crippen LogP contribution in [0.2, 0.25) is 20.1 Å². The maximum atomic E-state index is 14.2. The van der Waals surface area contributed by atoms with Crippen LogP contribution < -0.4 is 9.62 Å². The Morgan fingerprint density at radius 1 is 0.881 bits per heavy atom. The summed E-state index contributed by atoms with van der Waals surface area (Å²) in [5.41, 5.74) is 1.52. The van der Waals surface area contributed by atoms with Gasteiger partial charge in [-0.3, -0.25) is 13.9 Å². The molecule has 0 bridgehead atoms. The van der Waals surface area contributed by atoms with Gasteiger partial charge in [-0.25, -0.2) is 8.42 Å². The highest BCUT2D eigenvalue weighted by atomic mass is 35.5. The summed E-state index contributed by atoms with van der Waals surface area (Å²) >= 11 is 24.9. The number of halogens is 4. The molecule has 7 nitrogen and oxygen atoms in total. The summed E-state index contributed by atoms with van der Waals surface area (Å²) in [4.78, 5) is 29.5. The number of benzene rings is 3. The zero-order chi connectivity index (χ0) is 30.4. The van der Waals surface area contributed by atoms with Gasteiger partial charge in [-0.15, -0.1) is 0 Å². The first-order valence-electron chi connectivity index (χ1n) is 13.4. The minimum atomic E-state index is -3.99. The third-order valence-electron chi connectivity index (χ3n) is 7.17. The summed E-state index contributed by atoms with van der Waals surface area (Å²) in [5.74, 6) is -0.920. The van der Waals surface area contributed by atoms with Gasteiger partial charge in [0.05, 0.1) is 27.0 Å². The maximum Gasteiger partial charge on any atom is 0.244 e. The predicted molar refractivity (Wildman–Crippen MR) is 170 cm³/mol. The number of hydrogen-bond donors (Lipinski definition) is 1. The Kier molecular flexibility index (Phi) is 11.1. The highest BCUT2D eigenvalue weighted by Crippen LogP contribution is 2.31. The van der Waals surface area contributed by atoms with Crippen LogP contribution in [0.15, 0.2) is 66.7 Å². The molecule has 1 fully saturated rings.